The van der Waals surface area contributed by atoms with Crippen molar-refractivity contribution in [1.82, 2.24) is 0 Å². The zero-order chi connectivity index (χ0) is 50.0. The maximum Gasteiger partial charge on any atom is 0.402 e. The number of carbonyl (C=O) groups is 1. The van der Waals surface area contributed by atoms with Gasteiger partial charge in [0.25, 0.3) is 0 Å². The summed E-state index contributed by atoms with van der Waals surface area (Å²) in [4.78, 5) is 13.0. The highest BCUT2D eigenvalue weighted by molar-refractivity contribution is 5.89. The van der Waals surface area contributed by atoms with Crippen LogP contribution in [0.15, 0.2) is 59.0 Å². The molecule has 376 valence electrons. The lowest BCUT2D eigenvalue weighted by Crippen LogP contribution is -2.65. The van der Waals surface area contributed by atoms with Crippen LogP contribution in [-0.2, 0) is 28.5 Å². The number of carbonyl (C=O) groups excluding carboxylic acids is 1. The lowest BCUT2D eigenvalue weighted by Gasteiger charge is -2.45. The van der Waals surface area contributed by atoms with Crippen molar-refractivity contribution in [3.8, 4) is 57.3 Å². The molecular formula is C44H51O25+. The zero-order valence-electron chi connectivity index (χ0n) is 36.3. The Morgan fingerprint density at radius 3 is 1.81 bits per heavy atom. The summed E-state index contributed by atoms with van der Waals surface area (Å²) < 4.78 is 57.0. The largest absolute Gasteiger partial charge is 0.507 e. The summed E-state index contributed by atoms with van der Waals surface area (Å²) in [5.74, 6) is -3.98. The van der Waals surface area contributed by atoms with Gasteiger partial charge in [0.05, 0.1) is 39.1 Å². The van der Waals surface area contributed by atoms with Crippen molar-refractivity contribution in [1.29, 1.82) is 0 Å². The lowest BCUT2D eigenvalue weighted by molar-refractivity contribution is -0.357. The topological polar surface area (TPSA) is 395 Å². The monoisotopic (exact) mass is 979 g/mol. The number of hydrogen-bond donors (Lipinski definition) is 14. The van der Waals surface area contributed by atoms with Gasteiger partial charge in [0, 0.05) is 24.3 Å². The summed E-state index contributed by atoms with van der Waals surface area (Å²) in [7, 11) is 2.60. The minimum absolute atomic E-state index is 0.0223. The van der Waals surface area contributed by atoms with Gasteiger partial charge in [-0.05, 0) is 35.9 Å². The Hall–Kier alpha value is -5.88. The average Bonchev–Trinajstić information content (AvgIpc) is 3.33. The summed E-state index contributed by atoms with van der Waals surface area (Å²) in [6, 6.07) is 9.51. The van der Waals surface area contributed by atoms with Crippen molar-refractivity contribution in [3.05, 3.63) is 60.2 Å². The summed E-state index contributed by atoms with van der Waals surface area (Å²) in [5.41, 5.74) is 0.117. The standard InChI is InChI=1S/C44H50O25/c1-60-24-7-16(8-25(61-2)31(24)51)3-6-30(50)62-15-29-34(54)37(57)41(69-43-39(59)36(56)33(53)28(14-46)67-43)44(68-29)65-26-12-19-22(63-40(26)17-4-5-20(48)21(49)9-17)10-18(47)11-23(19)64-42-38(58)35(55)32(52)27(13-45)66-42/h3-12,27-29,32-39,41-46,52-59H,13-15H2,1-2H3,(H3-,47,48,49,50,51)/p+1. The Kier molecular flexibility index (Phi) is 15.8. The quantitative estimate of drug-likeness (QED) is 0.0257. The molecule has 25 heteroatoms. The number of aromatic hydroxyl groups is 4. The van der Waals surface area contributed by atoms with E-state index in [0.717, 1.165) is 30.3 Å². The summed E-state index contributed by atoms with van der Waals surface area (Å²) >= 11 is 0. The number of hydrogen-bond acceptors (Lipinski definition) is 24. The molecule has 0 bridgehead atoms. The van der Waals surface area contributed by atoms with Gasteiger partial charge in [-0.25, -0.2) is 9.21 Å². The fraction of sp³-hybridized carbons (Fsp3) is 0.455. The third-order valence-electron chi connectivity index (χ3n) is 11.5. The first-order chi connectivity index (χ1) is 32.9. The molecule has 0 saturated carbocycles. The van der Waals surface area contributed by atoms with Crippen molar-refractivity contribution < 1.29 is 123 Å². The van der Waals surface area contributed by atoms with Gasteiger partial charge in [-0.1, -0.05) is 0 Å². The lowest BCUT2D eigenvalue weighted by atomic mass is 9.97. The smallest absolute Gasteiger partial charge is 0.402 e. The third-order valence-corrected chi connectivity index (χ3v) is 11.5. The molecule has 4 heterocycles. The van der Waals surface area contributed by atoms with Gasteiger partial charge in [0.15, 0.2) is 35.4 Å². The van der Waals surface area contributed by atoms with Gasteiger partial charge in [0.1, 0.15) is 90.6 Å². The molecule has 3 aliphatic heterocycles. The number of ether oxygens (including phenoxy) is 9. The Balaban J connectivity index is 1.26. The molecule has 0 radical (unpaired) electrons. The second kappa shape index (κ2) is 21.4. The van der Waals surface area contributed by atoms with Crippen LogP contribution in [0.1, 0.15) is 5.56 Å². The number of benzene rings is 3. The van der Waals surface area contributed by atoms with E-state index in [2.05, 4.69) is 0 Å². The van der Waals surface area contributed by atoms with E-state index < -0.39 is 141 Å². The first-order valence-electron chi connectivity index (χ1n) is 20.9. The summed E-state index contributed by atoms with van der Waals surface area (Å²) in [6.07, 6.45) is -25.5. The van der Waals surface area contributed by atoms with Crippen molar-refractivity contribution in [3.63, 3.8) is 0 Å². The second-order valence-electron chi connectivity index (χ2n) is 16.0. The zero-order valence-corrected chi connectivity index (χ0v) is 36.3. The molecule has 25 nitrogen and oxygen atoms in total. The molecule has 14 N–H and O–H groups in total. The van der Waals surface area contributed by atoms with Crippen LogP contribution in [0.25, 0.3) is 28.4 Å². The van der Waals surface area contributed by atoms with Gasteiger partial charge in [-0.3, -0.25) is 0 Å². The predicted octanol–water partition coefficient (Wildman–Crippen LogP) is -2.33. The van der Waals surface area contributed by atoms with E-state index in [0.29, 0.717) is 5.56 Å². The van der Waals surface area contributed by atoms with Crippen LogP contribution in [0, 0.1) is 0 Å². The number of rotatable bonds is 15. The molecule has 7 rings (SSSR count). The molecule has 15 atom stereocenters. The van der Waals surface area contributed by atoms with Crippen LogP contribution in [-0.4, -0.2) is 204 Å². The fourth-order valence-corrected chi connectivity index (χ4v) is 7.64. The highest BCUT2D eigenvalue weighted by atomic mass is 16.8. The minimum atomic E-state index is -2.10. The highest BCUT2D eigenvalue weighted by Crippen LogP contribution is 2.44. The first kappa shape index (κ1) is 51.0. The molecule has 3 aromatic carbocycles. The van der Waals surface area contributed by atoms with Gasteiger partial charge in [0.2, 0.25) is 24.1 Å². The molecular weight excluding hydrogens is 928 g/mol. The number of phenols is 4. The maximum atomic E-state index is 13.0. The Morgan fingerprint density at radius 1 is 0.623 bits per heavy atom. The van der Waals surface area contributed by atoms with Gasteiger partial charge >= 0.3 is 17.3 Å². The molecule has 1 aromatic heterocycles. The van der Waals surface area contributed by atoms with Crippen LogP contribution in [0.5, 0.6) is 46.0 Å². The van der Waals surface area contributed by atoms with E-state index in [-0.39, 0.29) is 45.3 Å². The number of methoxy groups -OCH3 is 2. The molecule has 3 aliphatic rings. The van der Waals surface area contributed by atoms with E-state index in [1.165, 1.54) is 44.6 Å². The van der Waals surface area contributed by atoms with Crippen molar-refractivity contribution >= 4 is 23.0 Å². The summed E-state index contributed by atoms with van der Waals surface area (Å²) in [6.45, 7) is -2.47. The first-order valence-corrected chi connectivity index (χ1v) is 20.9. The van der Waals surface area contributed by atoms with Crippen molar-refractivity contribution in [2.45, 2.75) is 92.1 Å². The van der Waals surface area contributed by atoms with E-state index in [4.69, 9.17) is 47.0 Å². The molecule has 15 unspecified atom stereocenters. The van der Waals surface area contributed by atoms with Gasteiger partial charge in [-0.2, -0.15) is 0 Å². The maximum absolute atomic E-state index is 13.0. The van der Waals surface area contributed by atoms with Crippen LogP contribution in [0.4, 0.5) is 0 Å². The molecule has 3 saturated heterocycles. The van der Waals surface area contributed by atoms with Crippen LogP contribution in [0.3, 0.4) is 0 Å². The average molecular weight is 980 g/mol. The SMILES string of the molecule is COc1cc(C=CC(=O)OCC2OC(Oc3cc4c(OC5OC(CO)C(O)C(O)C5O)cc(O)cc4[o+]c3-c3ccc(O)c(O)c3)C(OC3OC(CO)C(O)C(O)C3O)C(O)C2O)cc(OC)c1O. The Bertz CT molecular complexity index is 2440. The van der Waals surface area contributed by atoms with E-state index in [9.17, 15) is 76.3 Å². The molecule has 3 fully saturated rings. The fourth-order valence-electron chi connectivity index (χ4n) is 7.64. The molecule has 0 aliphatic carbocycles. The van der Waals surface area contributed by atoms with Crippen molar-refractivity contribution in [2.75, 3.05) is 34.0 Å². The highest BCUT2D eigenvalue weighted by Gasteiger charge is 2.52. The number of esters is 1. The predicted molar refractivity (Wildman–Crippen MR) is 227 cm³/mol. The van der Waals surface area contributed by atoms with Crippen LogP contribution >= 0.6 is 0 Å². The van der Waals surface area contributed by atoms with Crippen LogP contribution < -0.4 is 18.9 Å². The van der Waals surface area contributed by atoms with E-state index >= 15 is 0 Å². The van der Waals surface area contributed by atoms with Crippen molar-refractivity contribution in [2.24, 2.45) is 0 Å². The number of aliphatic hydroxyl groups is 10. The normalized spacial score (nSPS) is 31.6. The second-order valence-corrected chi connectivity index (χ2v) is 16.0. The number of fused-ring (bicyclic) bond motifs is 1. The molecule has 69 heavy (non-hydrogen) atoms. The van der Waals surface area contributed by atoms with Crippen LogP contribution in [0.2, 0.25) is 0 Å². The molecule has 0 amide bonds. The molecule has 0 spiro atoms. The van der Waals surface area contributed by atoms with E-state index in [1.54, 1.807) is 0 Å². The number of aliphatic hydroxyl groups excluding tert-OH is 10. The summed E-state index contributed by atoms with van der Waals surface area (Å²) in [5, 5.41) is 148. The molecule has 4 aromatic rings. The Morgan fingerprint density at radius 2 is 1.20 bits per heavy atom. The van der Waals surface area contributed by atoms with Gasteiger partial charge in [-0.15, -0.1) is 0 Å². The van der Waals surface area contributed by atoms with Gasteiger partial charge < -0.3 is 114 Å². The Labute approximate surface area is 389 Å². The number of phenolic OH excluding ortho intramolecular Hbond substituents is 4. The van der Waals surface area contributed by atoms with E-state index in [1.807, 2.05) is 0 Å². The third kappa shape index (κ3) is 10.7. The minimum Gasteiger partial charge on any atom is -0.507 e.